The second-order valence-electron chi connectivity index (χ2n) is 8.95. The Bertz CT molecular complexity index is 983. The maximum absolute atomic E-state index is 13.4. The van der Waals surface area contributed by atoms with Gasteiger partial charge in [-0.15, -0.1) is 0 Å². The van der Waals surface area contributed by atoms with Crippen molar-refractivity contribution in [1.82, 2.24) is 14.7 Å². The Hall–Kier alpha value is -2.59. The highest BCUT2D eigenvalue weighted by Gasteiger charge is 2.27. The summed E-state index contributed by atoms with van der Waals surface area (Å²) >= 11 is 5.60. The van der Waals surface area contributed by atoms with Gasteiger partial charge in [-0.05, 0) is 55.5 Å². The summed E-state index contributed by atoms with van der Waals surface area (Å²) in [5, 5.41) is 3.74. The average molecular weight is 501 g/mol. The lowest BCUT2D eigenvalue weighted by atomic mass is 10.1. The second-order valence-corrected chi connectivity index (χ2v) is 9.33. The molecule has 1 atom stereocenters. The molecule has 2 saturated heterocycles. The van der Waals surface area contributed by atoms with E-state index in [1.54, 1.807) is 12.1 Å². The Morgan fingerprint density at radius 3 is 2.51 bits per heavy atom. The molecule has 0 spiro atoms. The first kappa shape index (κ1) is 25.5. The van der Waals surface area contributed by atoms with Gasteiger partial charge in [-0.3, -0.25) is 9.69 Å². The first-order valence-corrected chi connectivity index (χ1v) is 12.5. The van der Waals surface area contributed by atoms with Crippen molar-refractivity contribution < 1.29 is 18.7 Å². The molecular weight excluding hydrogens is 467 g/mol. The molecular formula is C26H33FN4O3S. The number of hydrogen-bond acceptors (Lipinski definition) is 5. The van der Waals surface area contributed by atoms with E-state index in [9.17, 15) is 9.18 Å². The zero-order chi connectivity index (χ0) is 24.6. The lowest BCUT2D eigenvalue weighted by molar-refractivity contribution is -0.0228. The van der Waals surface area contributed by atoms with Crippen LogP contribution >= 0.6 is 12.2 Å². The number of rotatable bonds is 7. The Labute approximate surface area is 211 Å². The fraction of sp³-hybridized carbons (Fsp3) is 0.462. The highest BCUT2D eigenvalue weighted by molar-refractivity contribution is 7.80. The van der Waals surface area contributed by atoms with E-state index < -0.39 is 0 Å². The van der Waals surface area contributed by atoms with Gasteiger partial charge in [-0.1, -0.05) is 17.7 Å². The summed E-state index contributed by atoms with van der Waals surface area (Å²) in [6.07, 6.45) is -0.171. The molecule has 2 aliphatic rings. The van der Waals surface area contributed by atoms with Gasteiger partial charge in [-0.2, -0.15) is 0 Å². The second kappa shape index (κ2) is 12.4. The number of amides is 1. The number of hydrogen-bond donors (Lipinski definition) is 1. The molecule has 0 unspecified atom stereocenters. The number of thiocarbonyl (C=S) groups is 1. The first-order chi connectivity index (χ1) is 17.0. The van der Waals surface area contributed by atoms with Gasteiger partial charge in [0.1, 0.15) is 5.82 Å². The molecule has 35 heavy (non-hydrogen) atoms. The molecule has 7 nitrogen and oxygen atoms in total. The predicted octanol–water partition coefficient (Wildman–Crippen LogP) is 3.01. The molecule has 9 heteroatoms. The molecule has 1 N–H and O–H groups in total. The minimum atomic E-state index is -0.289. The molecule has 0 saturated carbocycles. The molecule has 2 aliphatic heterocycles. The summed E-state index contributed by atoms with van der Waals surface area (Å²) in [4.78, 5) is 19.7. The molecule has 2 aromatic rings. The molecule has 0 aliphatic carbocycles. The number of morpholine rings is 2. The van der Waals surface area contributed by atoms with Gasteiger partial charge >= 0.3 is 0 Å². The van der Waals surface area contributed by atoms with E-state index in [1.165, 1.54) is 12.1 Å². The molecule has 4 rings (SSSR count). The quantitative estimate of drug-likeness (QED) is 0.587. The molecule has 2 heterocycles. The van der Waals surface area contributed by atoms with Gasteiger partial charge in [0.15, 0.2) is 5.11 Å². The van der Waals surface area contributed by atoms with Crippen LogP contribution in [-0.4, -0.2) is 97.5 Å². The predicted molar refractivity (Wildman–Crippen MR) is 138 cm³/mol. The third-order valence-corrected chi connectivity index (χ3v) is 6.68. The summed E-state index contributed by atoms with van der Waals surface area (Å²) in [5.74, 6) is -0.283. The fourth-order valence-electron chi connectivity index (χ4n) is 4.24. The third kappa shape index (κ3) is 7.44. The van der Waals surface area contributed by atoms with E-state index in [-0.39, 0.29) is 17.8 Å². The number of nitrogens with one attached hydrogen (secondary N) is 1. The molecule has 0 aromatic heterocycles. The number of nitrogens with zero attached hydrogens (tertiary/aromatic N) is 3. The van der Waals surface area contributed by atoms with Crippen LogP contribution in [0.3, 0.4) is 0 Å². The number of ether oxygens (including phenoxy) is 2. The maximum Gasteiger partial charge on any atom is 0.253 e. The Kier molecular flexibility index (Phi) is 9.03. The van der Waals surface area contributed by atoms with Crippen molar-refractivity contribution in [3.63, 3.8) is 0 Å². The highest BCUT2D eigenvalue weighted by atomic mass is 32.1. The summed E-state index contributed by atoms with van der Waals surface area (Å²) in [6, 6.07) is 13.8. The number of halogens is 1. The summed E-state index contributed by atoms with van der Waals surface area (Å²) < 4.78 is 24.7. The first-order valence-electron chi connectivity index (χ1n) is 12.1. The molecule has 188 valence electrons. The lowest BCUT2D eigenvalue weighted by Gasteiger charge is -2.37. The van der Waals surface area contributed by atoms with Gasteiger partial charge in [0.05, 0.1) is 25.9 Å². The van der Waals surface area contributed by atoms with Crippen LogP contribution in [0.5, 0.6) is 0 Å². The monoisotopic (exact) mass is 500 g/mol. The summed E-state index contributed by atoms with van der Waals surface area (Å²) in [5.41, 5.74) is 2.54. The van der Waals surface area contributed by atoms with Crippen LogP contribution in [0.2, 0.25) is 0 Å². The number of benzene rings is 2. The minimum absolute atomic E-state index is 0.00555. The smallest absolute Gasteiger partial charge is 0.253 e. The number of aryl methyl sites for hydroxylation is 1. The van der Waals surface area contributed by atoms with Gasteiger partial charge in [-0.25, -0.2) is 4.39 Å². The van der Waals surface area contributed by atoms with E-state index in [1.807, 2.05) is 41.0 Å². The fourth-order valence-corrected chi connectivity index (χ4v) is 4.52. The molecule has 2 fully saturated rings. The van der Waals surface area contributed by atoms with Crippen molar-refractivity contribution in [3.8, 4) is 0 Å². The Morgan fingerprint density at radius 1 is 1.09 bits per heavy atom. The van der Waals surface area contributed by atoms with Crippen LogP contribution < -0.4 is 5.32 Å². The van der Waals surface area contributed by atoms with Gasteiger partial charge < -0.3 is 24.6 Å². The van der Waals surface area contributed by atoms with Crippen molar-refractivity contribution in [1.29, 1.82) is 0 Å². The maximum atomic E-state index is 13.4. The van der Waals surface area contributed by atoms with Gasteiger partial charge in [0.2, 0.25) is 0 Å². The van der Waals surface area contributed by atoms with E-state index in [0.29, 0.717) is 43.5 Å². The molecule has 0 bridgehead atoms. The lowest BCUT2D eigenvalue weighted by Crippen LogP contribution is -2.52. The minimum Gasteiger partial charge on any atom is -0.379 e. The molecule has 1 amide bonds. The van der Waals surface area contributed by atoms with Crippen molar-refractivity contribution in [2.45, 2.75) is 13.0 Å². The van der Waals surface area contributed by atoms with E-state index in [0.717, 1.165) is 44.1 Å². The number of carbonyl (C=O) groups is 1. The standard InChI is InChI=1S/C26H33FN4O3S/c1-20-2-4-21(5-3-20)25(32)30(11-10-29-12-15-33-16-13-29)18-24-19-31(14-17-34-24)26(35)28-23-8-6-22(27)7-9-23/h2-9,24H,10-19H2,1H3,(H,28,35)/t24-/m0/s1. The van der Waals surface area contributed by atoms with Crippen LogP contribution in [-0.2, 0) is 9.47 Å². The summed E-state index contributed by atoms with van der Waals surface area (Å²) in [6.45, 7) is 8.86. The van der Waals surface area contributed by atoms with E-state index in [2.05, 4.69) is 10.2 Å². The van der Waals surface area contributed by atoms with Crippen molar-refractivity contribution >= 4 is 28.9 Å². The van der Waals surface area contributed by atoms with E-state index >= 15 is 0 Å². The molecule has 0 radical (unpaired) electrons. The van der Waals surface area contributed by atoms with Crippen LogP contribution in [0.4, 0.5) is 10.1 Å². The average Bonchev–Trinajstić information content (AvgIpc) is 2.88. The van der Waals surface area contributed by atoms with Crippen LogP contribution in [0.25, 0.3) is 0 Å². The Balaban J connectivity index is 1.39. The zero-order valence-corrected chi connectivity index (χ0v) is 20.9. The van der Waals surface area contributed by atoms with Crippen molar-refractivity contribution in [2.75, 3.05) is 71.0 Å². The topological polar surface area (TPSA) is 57.3 Å². The summed E-state index contributed by atoms with van der Waals surface area (Å²) in [7, 11) is 0. The third-order valence-electron chi connectivity index (χ3n) is 6.32. The van der Waals surface area contributed by atoms with Gasteiger partial charge in [0.25, 0.3) is 5.91 Å². The highest BCUT2D eigenvalue weighted by Crippen LogP contribution is 2.15. The van der Waals surface area contributed by atoms with Crippen molar-refractivity contribution in [3.05, 3.63) is 65.5 Å². The largest absolute Gasteiger partial charge is 0.379 e. The van der Waals surface area contributed by atoms with Crippen LogP contribution in [0.1, 0.15) is 15.9 Å². The molecule has 2 aromatic carbocycles. The Morgan fingerprint density at radius 2 is 1.80 bits per heavy atom. The zero-order valence-electron chi connectivity index (χ0n) is 20.1. The number of anilines is 1. The number of carbonyl (C=O) groups excluding carboxylic acids is 1. The van der Waals surface area contributed by atoms with Crippen LogP contribution in [0, 0.1) is 12.7 Å². The van der Waals surface area contributed by atoms with E-state index in [4.69, 9.17) is 21.7 Å². The SMILES string of the molecule is Cc1ccc(C(=O)N(CCN2CCOCC2)C[C@H]2CN(C(=S)Nc3ccc(F)cc3)CCO2)cc1. The van der Waals surface area contributed by atoms with Crippen LogP contribution in [0.15, 0.2) is 48.5 Å². The van der Waals surface area contributed by atoms with Crippen molar-refractivity contribution in [2.24, 2.45) is 0 Å². The van der Waals surface area contributed by atoms with Gasteiger partial charge in [0, 0.05) is 57.1 Å². The normalized spacial score (nSPS) is 18.8.